The van der Waals surface area contributed by atoms with Crippen molar-refractivity contribution >= 4 is 5.69 Å². The third-order valence-corrected chi connectivity index (χ3v) is 4.06. The van der Waals surface area contributed by atoms with Crippen LogP contribution >= 0.6 is 0 Å². The van der Waals surface area contributed by atoms with Crippen molar-refractivity contribution < 1.29 is 4.74 Å². The average molecular weight is 311 g/mol. The molecule has 3 rings (SSSR count). The predicted molar refractivity (Wildman–Crippen MR) is 92.3 cm³/mol. The topological polar surface area (TPSA) is 45.1 Å². The van der Waals surface area contributed by atoms with E-state index in [1.807, 2.05) is 48.5 Å². The van der Waals surface area contributed by atoms with Crippen molar-refractivity contribution in [2.24, 2.45) is 5.18 Å². The van der Waals surface area contributed by atoms with Crippen molar-refractivity contribution in [3.8, 4) is 11.5 Å². The molecule has 2 aromatic carbocycles. The summed E-state index contributed by atoms with van der Waals surface area (Å²) in [4.78, 5) is 14.9. The number of para-hydroxylation sites is 3. The number of ether oxygens (including phenoxy) is 1. The van der Waals surface area contributed by atoms with Crippen LogP contribution in [-0.4, -0.2) is 44.2 Å². The molecule has 1 heterocycles. The van der Waals surface area contributed by atoms with E-state index < -0.39 is 0 Å². The Balaban J connectivity index is 1.68. The summed E-state index contributed by atoms with van der Waals surface area (Å²) < 4.78 is 6.04. The number of piperazine rings is 1. The first kappa shape index (κ1) is 15.5. The van der Waals surface area contributed by atoms with Gasteiger partial charge in [-0.1, -0.05) is 35.5 Å². The first-order chi connectivity index (χ1) is 11.4. The van der Waals surface area contributed by atoms with Gasteiger partial charge >= 0.3 is 0 Å². The third kappa shape index (κ3) is 4.07. The van der Waals surface area contributed by atoms with Crippen LogP contribution in [0.2, 0.25) is 0 Å². The molecule has 0 radical (unpaired) electrons. The molecule has 0 unspecified atom stereocenters. The zero-order valence-corrected chi connectivity index (χ0v) is 13.1. The summed E-state index contributed by atoms with van der Waals surface area (Å²) in [6.45, 7) is 4.85. The van der Waals surface area contributed by atoms with Crippen LogP contribution in [0.4, 0.5) is 5.69 Å². The number of hydrogen-bond acceptors (Lipinski definition) is 5. The van der Waals surface area contributed by atoms with Crippen LogP contribution in [-0.2, 0) is 0 Å². The molecule has 5 nitrogen and oxygen atoms in total. The highest BCUT2D eigenvalue weighted by Gasteiger charge is 2.19. The van der Waals surface area contributed by atoms with Crippen LogP contribution in [0.1, 0.15) is 0 Å². The van der Waals surface area contributed by atoms with Crippen molar-refractivity contribution in [3.05, 3.63) is 59.5 Å². The van der Waals surface area contributed by atoms with Crippen molar-refractivity contribution in [1.82, 2.24) is 4.90 Å². The second kappa shape index (κ2) is 7.74. The largest absolute Gasteiger partial charge is 0.455 e. The smallest absolute Gasteiger partial charge is 0.150 e. The number of anilines is 1. The highest BCUT2D eigenvalue weighted by Crippen LogP contribution is 2.32. The van der Waals surface area contributed by atoms with E-state index in [1.165, 1.54) is 0 Å². The van der Waals surface area contributed by atoms with Gasteiger partial charge in [-0.2, -0.15) is 4.91 Å². The molecule has 5 heteroatoms. The molecule has 0 N–H and O–H groups in total. The molecule has 1 aliphatic heterocycles. The monoisotopic (exact) mass is 311 g/mol. The van der Waals surface area contributed by atoms with Gasteiger partial charge in [0.1, 0.15) is 5.75 Å². The van der Waals surface area contributed by atoms with Gasteiger partial charge in [0.25, 0.3) is 0 Å². The summed E-state index contributed by atoms with van der Waals surface area (Å²) in [6, 6.07) is 18.0. The van der Waals surface area contributed by atoms with Crippen LogP contribution in [0.3, 0.4) is 0 Å². The Morgan fingerprint density at radius 2 is 1.61 bits per heavy atom. The number of nitrogens with zero attached hydrogens (tertiary/aromatic N) is 3. The molecule has 0 bridgehead atoms. The lowest BCUT2D eigenvalue weighted by atomic mass is 10.2. The maximum atomic E-state index is 10.2. The Bertz CT molecular complexity index is 625. The zero-order valence-electron chi connectivity index (χ0n) is 13.1. The van der Waals surface area contributed by atoms with Gasteiger partial charge in [-0.3, -0.25) is 4.90 Å². The molecule has 1 saturated heterocycles. The van der Waals surface area contributed by atoms with Gasteiger partial charge in [-0.05, 0) is 24.3 Å². The summed E-state index contributed by atoms with van der Waals surface area (Å²) in [5.74, 6) is 1.72. The molecule has 1 aliphatic rings. The van der Waals surface area contributed by atoms with Crippen LogP contribution < -0.4 is 9.64 Å². The molecule has 0 aliphatic carbocycles. The number of hydrogen-bond donors (Lipinski definition) is 0. The standard InChI is InChI=1S/C18H21N3O2/c22-19-10-11-20-12-14-21(15-13-20)17-8-4-5-9-18(17)23-16-6-2-1-3-7-16/h1-9H,10-15H2. The molecule has 2 aromatic rings. The number of nitroso groups, excluding NO2 is 1. The van der Waals surface area contributed by atoms with E-state index in [0.29, 0.717) is 6.54 Å². The number of rotatable bonds is 6. The Morgan fingerprint density at radius 3 is 2.35 bits per heavy atom. The minimum atomic E-state index is 0.369. The lowest BCUT2D eigenvalue weighted by Crippen LogP contribution is -2.47. The van der Waals surface area contributed by atoms with E-state index in [0.717, 1.165) is 49.9 Å². The third-order valence-electron chi connectivity index (χ3n) is 4.06. The summed E-state index contributed by atoms with van der Waals surface area (Å²) in [5.41, 5.74) is 1.12. The van der Waals surface area contributed by atoms with E-state index in [-0.39, 0.29) is 0 Å². The van der Waals surface area contributed by atoms with Crippen molar-refractivity contribution in [2.45, 2.75) is 0 Å². The van der Waals surface area contributed by atoms with Gasteiger partial charge in [0.2, 0.25) is 0 Å². The predicted octanol–water partition coefficient (Wildman–Crippen LogP) is 3.37. The molecule has 0 saturated carbocycles. The fraction of sp³-hybridized carbons (Fsp3) is 0.333. The van der Waals surface area contributed by atoms with Gasteiger partial charge in [0.05, 0.1) is 12.2 Å². The summed E-state index contributed by atoms with van der Waals surface area (Å²) in [7, 11) is 0. The van der Waals surface area contributed by atoms with Gasteiger partial charge in [-0.25, -0.2) is 0 Å². The van der Waals surface area contributed by atoms with Crippen LogP contribution in [0.5, 0.6) is 11.5 Å². The Kier molecular flexibility index (Phi) is 5.21. The maximum Gasteiger partial charge on any atom is 0.150 e. The second-order valence-electron chi connectivity index (χ2n) is 5.56. The van der Waals surface area contributed by atoms with Crippen LogP contribution in [0.25, 0.3) is 0 Å². The second-order valence-corrected chi connectivity index (χ2v) is 5.56. The first-order valence-corrected chi connectivity index (χ1v) is 7.95. The normalized spacial score (nSPS) is 15.4. The summed E-state index contributed by atoms with van der Waals surface area (Å²) >= 11 is 0. The van der Waals surface area contributed by atoms with Gasteiger partial charge in [0, 0.05) is 32.7 Å². The molecule has 0 amide bonds. The minimum absolute atomic E-state index is 0.369. The maximum absolute atomic E-state index is 10.2. The molecule has 120 valence electrons. The Labute approximate surface area is 136 Å². The van der Waals surface area contributed by atoms with E-state index in [2.05, 4.69) is 21.0 Å². The van der Waals surface area contributed by atoms with E-state index in [9.17, 15) is 4.91 Å². The first-order valence-electron chi connectivity index (χ1n) is 7.95. The quantitative estimate of drug-likeness (QED) is 0.767. The molecule has 0 atom stereocenters. The summed E-state index contributed by atoms with van der Waals surface area (Å²) in [6.07, 6.45) is 0. The van der Waals surface area contributed by atoms with Gasteiger partial charge < -0.3 is 9.64 Å². The fourth-order valence-corrected chi connectivity index (χ4v) is 2.81. The Morgan fingerprint density at radius 1 is 0.913 bits per heavy atom. The lowest BCUT2D eigenvalue weighted by molar-refractivity contribution is 0.264. The molecular formula is C18H21N3O2. The highest BCUT2D eigenvalue weighted by molar-refractivity contribution is 5.59. The number of benzene rings is 2. The highest BCUT2D eigenvalue weighted by atomic mass is 16.5. The van der Waals surface area contributed by atoms with E-state index >= 15 is 0 Å². The van der Waals surface area contributed by atoms with Crippen molar-refractivity contribution in [3.63, 3.8) is 0 Å². The molecule has 0 aromatic heterocycles. The van der Waals surface area contributed by atoms with E-state index in [4.69, 9.17) is 4.74 Å². The molecule has 0 spiro atoms. The molecule has 1 fully saturated rings. The van der Waals surface area contributed by atoms with Crippen LogP contribution in [0, 0.1) is 4.91 Å². The summed E-state index contributed by atoms with van der Waals surface area (Å²) in [5, 5.41) is 2.94. The SMILES string of the molecule is O=NCCN1CCN(c2ccccc2Oc2ccccc2)CC1. The van der Waals surface area contributed by atoms with Crippen molar-refractivity contribution in [2.75, 3.05) is 44.2 Å². The lowest BCUT2D eigenvalue weighted by Gasteiger charge is -2.36. The zero-order chi connectivity index (χ0) is 15.9. The van der Waals surface area contributed by atoms with Gasteiger partial charge in [-0.15, -0.1) is 0 Å². The minimum Gasteiger partial charge on any atom is -0.455 e. The molecule has 23 heavy (non-hydrogen) atoms. The Hall–Kier alpha value is -2.40. The van der Waals surface area contributed by atoms with Gasteiger partial charge in [0.15, 0.2) is 5.75 Å². The molecular weight excluding hydrogens is 290 g/mol. The average Bonchev–Trinajstić information content (AvgIpc) is 2.62. The van der Waals surface area contributed by atoms with E-state index in [1.54, 1.807) is 0 Å². The van der Waals surface area contributed by atoms with Crippen LogP contribution in [0.15, 0.2) is 59.8 Å². The van der Waals surface area contributed by atoms with Crippen molar-refractivity contribution in [1.29, 1.82) is 0 Å². The fourth-order valence-electron chi connectivity index (χ4n) is 2.81.